The Morgan fingerprint density at radius 1 is 1.00 bits per heavy atom. The van der Waals surface area contributed by atoms with Crippen molar-refractivity contribution >= 4 is 9.12 Å². The molecule has 0 aromatic heterocycles. The normalized spacial score (nSPS) is 0.667. The van der Waals surface area contributed by atoms with Crippen LogP contribution in [0.15, 0.2) is 0 Å². The summed E-state index contributed by atoms with van der Waals surface area (Å²) in [7, 11) is 1.17. The Balaban J connectivity index is -0.000000000833. The standard InChI is InChI=1S/H2OP.2O.Y.Zn/c1-2;;;;/h2H2;;;;/q+1;2*-2;+3;+2. The summed E-state index contributed by atoms with van der Waals surface area (Å²) in [5.74, 6) is 0. The van der Waals surface area contributed by atoms with Gasteiger partial charge in [-0.05, 0) is 0 Å². The maximum Gasteiger partial charge on any atom is 3.00 e. The monoisotopic (exact) mass is 234 g/mol. The van der Waals surface area contributed by atoms with E-state index in [0.717, 1.165) is 0 Å². The molecule has 6 heavy (non-hydrogen) atoms. The van der Waals surface area contributed by atoms with Gasteiger partial charge in [-0.2, -0.15) is 0 Å². The molecule has 0 aliphatic heterocycles. The Morgan fingerprint density at radius 2 is 1.00 bits per heavy atom. The van der Waals surface area contributed by atoms with Gasteiger partial charge in [-0.3, -0.25) is 0 Å². The molecule has 3 nitrogen and oxygen atoms in total. The predicted octanol–water partition coefficient (Wildman–Crippen LogP) is -0.0356. The molecule has 0 fully saturated rings. The van der Waals surface area contributed by atoms with Gasteiger partial charge in [0.25, 0.3) is 0 Å². The van der Waals surface area contributed by atoms with Crippen LogP contribution in [-0.4, -0.2) is 0 Å². The first-order chi connectivity index (χ1) is 1.00. The summed E-state index contributed by atoms with van der Waals surface area (Å²) in [6, 6.07) is 0. The van der Waals surface area contributed by atoms with Gasteiger partial charge >= 0.3 is 61.3 Å². The number of rotatable bonds is 0. The van der Waals surface area contributed by atoms with Crippen LogP contribution in [0, 0.1) is 0 Å². The van der Waals surface area contributed by atoms with Gasteiger partial charge in [0.15, 0.2) is 0 Å². The van der Waals surface area contributed by atoms with Gasteiger partial charge in [0.05, 0.1) is 0 Å². The number of hydrogen-bond donors (Lipinski definition) is 0. The molecule has 0 saturated carbocycles. The third-order valence-electron chi connectivity index (χ3n) is 0. The first-order valence-corrected chi connectivity index (χ1v) is 0.707. The minimum atomic E-state index is 0. The molecule has 0 rings (SSSR count). The second-order valence-corrected chi connectivity index (χ2v) is 0. The van der Waals surface area contributed by atoms with Crippen LogP contribution in [0.4, 0.5) is 0 Å². The SMILES string of the molecule is O=[PH2+].[O-2].[O-2].[Y+3].[Zn+2]. The van der Waals surface area contributed by atoms with Crippen molar-refractivity contribution in [3.63, 3.8) is 0 Å². The molecule has 0 bridgehead atoms. The van der Waals surface area contributed by atoms with E-state index < -0.39 is 0 Å². The average Bonchev–Trinajstić information content (AvgIpc) is 1.00. The maximum absolute atomic E-state index is 8.17. The topological polar surface area (TPSA) is 74.1 Å². The summed E-state index contributed by atoms with van der Waals surface area (Å²) < 4.78 is 8.17. The van der Waals surface area contributed by atoms with Gasteiger partial charge in [0.2, 0.25) is 0 Å². The van der Waals surface area contributed by atoms with Gasteiger partial charge in [0, 0.05) is 0 Å². The predicted molar refractivity (Wildman–Crippen MR) is 11.8 cm³/mol. The molecule has 0 heterocycles. The van der Waals surface area contributed by atoms with Gasteiger partial charge in [-0.15, -0.1) is 0 Å². The first-order valence-electron chi connectivity index (χ1n) is 0.236. The van der Waals surface area contributed by atoms with Crippen molar-refractivity contribution in [3.8, 4) is 0 Å². The van der Waals surface area contributed by atoms with Crippen LogP contribution in [0.3, 0.4) is 0 Å². The Morgan fingerprint density at radius 3 is 1.00 bits per heavy atom. The van der Waals surface area contributed by atoms with Crippen LogP contribution >= 0.6 is 9.12 Å². The smallest absolute Gasteiger partial charge is 2.00 e. The van der Waals surface area contributed by atoms with Crippen LogP contribution in [0.5, 0.6) is 0 Å². The molecule has 0 saturated heterocycles. The van der Waals surface area contributed by atoms with E-state index in [2.05, 4.69) is 0 Å². The van der Waals surface area contributed by atoms with Crippen LogP contribution in [0.2, 0.25) is 0 Å². The Bertz CT molecular complexity index is 10.8. The van der Waals surface area contributed by atoms with Crippen molar-refractivity contribution in [2.24, 2.45) is 0 Å². The molecule has 28 valence electrons. The van der Waals surface area contributed by atoms with E-state index in [4.69, 9.17) is 4.57 Å². The van der Waals surface area contributed by atoms with Gasteiger partial charge in [-0.1, -0.05) is 4.57 Å². The number of hydrogen-bond acceptors (Lipinski definition) is 1. The molecule has 0 aliphatic carbocycles. The van der Waals surface area contributed by atoms with Crippen LogP contribution in [-0.2, 0) is 67.7 Å². The van der Waals surface area contributed by atoms with E-state index in [-0.39, 0.29) is 63.1 Å². The van der Waals surface area contributed by atoms with E-state index in [0.29, 0.717) is 0 Å². The van der Waals surface area contributed by atoms with Crippen molar-refractivity contribution in [2.75, 3.05) is 0 Å². The van der Waals surface area contributed by atoms with Gasteiger partial charge < -0.3 is 11.0 Å². The molecular weight excluding hydrogens is 233 g/mol. The fourth-order valence-electron chi connectivity index (χ4n) is 0. The fourth-order valence-corrected chi connectivity index (χ4v) is 0. The average molecular weight is 235 g/mol. The summed E-state index contributed by atoms with van der Waals surface area (Å²) in [5, 5.41) is 0. The van der Waals surface area contributed by atoms with E-state index >= 15 is 0 Å². The molecule has 1 unspecified atom stereocenters. The van der Waals surface area contributed by atoms with Crippen LogP contribution in [0.1, 0.15) is 0 Å². The van der Waals surface area contributed by atoms with Crippen molar-refractivity contribution < 1.29 is 67.7 Å². The molecule has 0 radical (unpaired) electrons. The van der Waals surface area contributed by atoms with E-state index in [9.17, 15) is 0 Å². The molecule has 0 N–H and O–H groups in total. The van der Waals surface area contributed by atoms with Crippen LogP contribution < -0.4 is 0 Å². The van der Waals surface area contributed by atoms with E-state index in [1.807, 2.05) is 0 Å². The van der Waals surface area contributed by atoms with Crippen molar-refractivity contribution in [2.45, 2.75) is 0 Å². The van der Waals surface area contributed by atoms with Crippen molar-refractivity contribution in [1.82, 2.24) is 0 Å². The second kappa shape index (κ2) is 73.0. The van der Waals surface area contributed by atoms with Gasteiger partial charge in [-0.25, -0.2) is 0 Å². The Kier molecular flexibility index (Phi) is 569. The summed E-state index contributed by atoms with van der Waals surface area (Å²) in [6.45, 7) is 0. The molecular formula is H2O3PYZn+2. The van der Waals surface area contributed by atoms with E-state index in [1.54, 1.807) is 0 Å². The van der Waals surface area contributed by atoms with Crippen LogP contribution in [0.25, 0.3) is 0 Å². The van der Waals surface area contributed by atoms with Crippen molar-refractivity contribution in [1.29, 1.82) is 0 Å². The third kappa shape index (κ3) is 42.4. The molecule has 6 heteroatoms. The second-order valence-electron chi connectivity index (χ2n) is 0. The fraction of sp³-hybridized carbons (Fsp3) is 0. The summed E-state index contributed by atoms with van der Waals surface area (Å²) in [5.41, 5.74) is 0. The zero-order chi connectivity index (χ0) is 2.00. The largest absolute Gasteiger partial charge is 3.00 e. The zero-order valence-corrected chi connectivity index (χ0v) is 10.0. The first kappa shape index (κ1) is 46.7. The zero-order valence-electron chi connectivity index (χ0n) is 3.09. The Hall–Kier alpha value is 1.75. The van der Waals surface area contributed by atoms with Gasteiger partial charge in [0.1, 0.15) is 0 Å². The summed E-state index contributed by atoms with van der Waals surface area (Å²) in [4.78, 5) is 0. The Labute approximate surface area is 76.1 Å². The molecule has 0 amide bonds. The third-order valence-corrected chi connectivity index (χ3v) is 0. The molecule has 1 atom stereocenters. The molecule has 0 aromatic rings. The maximum atomic E-state index is 8.17. The minimum Gasteiger partial charge on any atom is -2.00 e. The summed E-state index contributed by atoms with van der Waals surface area (Å²) in [6.07, 6.45) is 0. The molecule has 0 aliphatic rings. The summed E-state index contributed by atoms with van der Waals surface area (Å²) >= 11 is 0. The van der Waals surface area contributed by atoms with E-state index in [1.165, 1.54) is 9.12 Å². The molecule has 0 spiro atoms. The van der Waals surface area contributed by atoms with Crippen molar-refractivity contribution in [3.05, 3.63) is 0 Å². The molecule has 0 aromatic carbocycles. The minimum absolute atomic E-state index is 0. The quantitative estimate of drug-likeness (QED) is 0.429.